The molecule has 0 radical (unpaired) electrons. The van der Waals surface area contributed by atoms with Crippen molar-refractivity contribution in [1.29, 1.82) is 0 Å². The molecule has 200 valence electrons. The number of nitrogens with two attached hydrogens (primary N) is 1. The Labute approximate surface area is 219 Å². The molecule has 1 saturated heterocycles. The maximum absolute atomic E-state index is 9.45. The van der Waals surface area contributed by atoms with Gasteiger partial charge in [0.2, 0.25) is 11.8 Å². The SMILES string of the molecule is CC1(C)CCO/C1=N/Nc1ccccc1.Cc1c(OCCCOC(C)(C)O)nn(-c2ccccc2)c1N. The summed E-state index contributed by atoms with van der Waals surface area (Å²) in [6.45, 7) is 11.0. The first-order chi connectivity index (χ1) is 17.6. The van der Waals surface area contributed by atoms with Gasteiger partial charge in [0.15, 0.2) is 5.79 Å². The quantitative estimate of drug-likeness (QED) is 0.208. The van der Waals surface area contributed by atoms with Crippen molar-refractivity contribution in [3.05, 3.63) is 66.2 Å². The van der Waals surface area contributed by atoms with E-state index in [1.165, 1.54) is 0 Å². The van der Waals surface area contributed by atoms with Gasteiger partial charge in [0.1, 0.15) is 5.82 Å². The highest BCUT2D eigenvalue weighted by Crippen LogP contribution is 2.29. The van der Waals surface area contributed by atoms with E-state index in [1.54, 1.807) is 18.5 Å². The summed E-state index contributed by atoms with van der Waals surface area (Å²) >= 11 is 0. The monoisotopic (exact) mass is 509 g/mol. The first-order valence-corrected chi connectivity index (χ1v) is 12.5. The van der Waals surface area contributed by atoms with Crippen molar-refractivity contribution >= 4 is 17.4 Å². The highest BCUT2D eigenvalue weighted by molar-refractivity contribution is 5.84. The van der Waals surface area contributed by atoms with Gasteiger partial charge in [0.05, 0.1) is 36.8 Å². The minimum atomic E-state index is -1.12. The molecular formula is C28H39N5O4. The minimum absolute atomic E-state index is 0.0573. The Hall–Kier alpha value is -3.56. The largest absolute Gasteiger partial charge is 0.479 e. The molecule has 0 unspecified atom stereocenters. The summed E-state index contributed by atoms with van der Waals surface area (Å²) in [6.07, 6.45) is 1.68. The van der Waals surface area contributed by atoms with E-state index in [-0.39, 0.29) is 5.41 Å². The maximum atomic E-state index is 9.45. The number of hydrazone groups is 1. The van der Waals surface area contributed by atoms with Crippen molar-refractivity contribution in [3.8, 4) is 11.6 Å². The summed E-state index contributed by atoms with van der Waals surface area (Å²) < 4.78 is 18.0. The standard InChI is InChI=1S/C16H23N3O3.C12H16N2O/c1-12-14(17)19(13-8-5-4-6-9-13)18-15(12)21-10-7-11-22-16(2,3)20;1-12(2)8-9-15-11(12)14-13-10-6-4-3-5-7-10/h4-6,8-9,20H,7,10-11,17H2,1-3H3;3-7,13H,8-9H2,1-2H3/b;14-11+. The molecular weight excluding hydrogens is 470 g/mol. The number of para-hydroxylation sites is 2. The lowest BCUT2D eigenvalue weighted by atomic mass is 9.92. The molecule has 1 aromatic heterocycles. The van der Waals surface area contributed by atoms with E-state index in [0.717, 1.165) is 35.9 Å². The van der Waals surface area contributed by atoms with E-state index in [1.807, 2.05) is 67.6 Å². The Morgan fingerprint density at radius 2 is 1.76 bits per heavy atom. The molecule has 4 rings (SSSR count). The van der Waals surface area contributed by atoms with Gasteiger partial charge in [-0.25, -0.2) is 4.68 Å². The molecule has 4 N–H and O–H groups in total. The summed E-state index contributed by atoms with van der Waals surface area (Å²) in [7, 11) is 0. The lowest BCUT2D eigenvalue weighted by Crippen LogP contribution is -2.24. The predicted molar refractivity (Wildman–Crippen MR) is 147 cm³/mol. The van der Waals surface area contributed by atoms with Crippen LogP contribution >= 0.6 is 0 Å². The maximum Gasteiger partial charge on any atom is 0.238 e. The van der Waals surface area contributed by atoms with Gasteiger partial charge in [0, 0.05) is 11.8 Å². The summed E-state index contributed by atoms with van der Waals surface area (Å²) in [4.78, 5) is 0. The molecule has 2 heterocycles. The van der Waals surface area contributed by atoms with Crippen LogP contribution in [-0.4, -0.2) is 46.4 Å². The number of anilines is 2. The number of rotatable bonds is 9. The van der Waals surface area contributed by atoms with Gasteiger partial charge in [-0.05, 0) is 51.5 Å². The number of ether oxygens (including phenoxy) is 3. The topological polar surface area (TPSA) is 116 Å². The summed E-state index contributed by atoms with van der Waals surface area (Å²) in [5.74, 6) is 0.764. The third-order valence-corrected chi connectivity index (χ3v) is 5.71. The molecule has 9 nitrogen and oxygen atoms in total. The van der Waals surface area contributed by atoms with Crippen molar-refractivity contribution in [2.24, 2.45) is 10.5 Å². The fourth-order valence-electron chi connectivity index (χ4n) is 3.46. The average Bonchev–Trinajstić information content (AvgIpc) is 3.36. The van der Waals surface area contributed by atoms with Crippen molar-refractivity contribution in [2.75, 3.05) is 31.0 Å². The molecule has 1 fully saturated rings. The number of hydrogen-bond acceptors (Lipinski definition) is 8. The van der Waals surface area contributed by atoms with Crippen LogP contribution in [0.15, 0.2) is 65.8 Å². The first-order valence-electron chi connectivity index (χ1n) is 12.5. The van der Waals surface area contributed by atoms with Gasteiger partial charge in [-0.2, -0.15) is 0 Å². The van der Waals surface area contributed by atoms with Crippen molar-refractivity contribution in [2.45, 2.75) is 53.2 Å². The molecule has 0 spiro atoms. The lowest BCUT2D eigenvalue weighted by molar-refractivity contribution is -0.176. The molecule has 0 amide bonds. The molecule has 2 aromatic carbocycles. The number of aromatic nitrogens is 2. The van der Waals surface area contributed by atoms with Crippen molar-refractivity contribution < 1.29 is 19.3 Å². The molecule has 0 atom stereocenters. The smallest absolute Gasteiger partial charge is 0.238 e. The van der Waals surface area contributed by atoms with Gasteiger partial charge in [0.25, 0.3) is 0 Å². The van der Waals surface area contributed by atoms with Crippen LogP contribution in [-0.2, 0) is 9.47 Å². The molecule has 3 aromatic rings. The Morgan fingerprint density at radius 1 is 1.11 bits per heavy atom. The van der Waals surface area contributed by atoms with Crippen LogP contribution in [0, 0.1) is 12.3 Å². The number of hydrogen-bond donors (Lipinski definition) is 3. The summed E-state index contributed by atoms with van der Waals surface area (Å²) in [6, 6.07) is 19.6. The van der Waals surface area contributed by atoms with Gasteiger partial charge in [-0.3, -0.25) is 5.43 Å². The van der Waals surface area contributed by atoms with E-state index < -0.39 is 5.79 Å². The predicted octanol–water partition coefficient (Wildman–Crippen LogP) is 5.14. The van der Waals surface area contributed by atoms with Gasteiger partial charge < -0.3 is 25.1 Å². The minimum Gasteiger partial charge on any atom is -0.479 e. The van der Waals surface area contributed by atoms with E-state index in [9.17, 15) is 5.11 Å². The third kappa shape index (κ3) is 8.51. The molecule has 1 aliphatic heterocycles. The molecule has 37 heavy (non-hydrogen) atoms. The summed E-state index contributed by atoms with van der Waals surface area (Å²) in [5, 5.41) is 18.1. The van der Waals surface area contributed by atoms with Gasteiger partial charge in [-0.15, -0.1) is 10.2 Å². The second-order valence-electron chi connectivity index (χ2n) is 9.94. The Bertz CT molecular complexity index is 1140. The van der Waals surface area contributed by atoms with Crippen molar-refractivity contribution in [3.63, 3.8) is 0 Å². The van der Waals surface area contributed by atoms with Crippen LogP contribution in [0.4, 0.5) is 11.5 Å². The normalized spacial score (nSPS) is 15.6. The van der Waals surface area contributed by atoms with Crippen LogP contribution in [0.2, 0.25) is 0 Å². The molecule has 1 aliphatic rings. The zero-order valence-electron chi connectivity index (χ0n) is 22.4. The van der Waals surface area contributed by atoms with Gasteiger partial charge >= 0.3 is 0 Å². The van der Waals surface area contributed by atoms with E-state index in [4.69, 9.17) is 19.9 Å². The fraction of sp³-hybridized carbons (Fsp3) is 0.429. The highest BCUT2D eigenvalue weighted by atomic mass is 16.6. The molecule has 9 heteroatoms. The van der Waals surface area contributed by atoms with Crippen LogP contribution in [0.5, 0.6) is 5.88 Å². The molecule has 0 saturated carbocycles. The first kappa shape index (κ1) is 28.0. The highest BCUT2D eigenvalue weighted by Gasteiger charge is 2.32. The Balaban J connectivity index is 0.000000220. The number of benzene rings is 2. The van der Waals surface area contributed by atoms with E-state index in [2.05, 4.69) is 29.5 Å². The van der Waals surface area contributed by atoms with Crippen LogP contribution in [0.3, 0.4) is 0 Å². The summed E-state index contributed by atoms with van der Waals surface area (Å²) in [5.41, 5.74) is 11.8. The number of aliphatic hydroxyl groups is 1. The molecule has 0 aliphatic carbocycles. The zero-order valence-corrected chi connectivity index (χ0v) is 22.4. The van der Waals surface area contributed by atoms with Gasteiger partial charge in [-0.1, -0.05) is 50.2 Å². The second-order valence-corrected chi connectivity index (χ2v) is 9.94. The third-order valence-electron chi connectivity index (χ3n) is 5.71. The number of nitrogens with one attached hydrogen (secondary N) is 1. The van der Waals surface area contributed by atoms with E-state index >= 15 is 0 Å². The number of nitrogen functional groups attached to an aromatic ring is 1. The Kier molecular flexibility index (Phi) is 9.54. The zero-order chi connectivity index (χ0) is 26.9. The molecule has 0 bridgehead atoms. The average molecular weight is 510 g/mol. The lowest BCUT2D eigenvalue weighted by Gasteiger charge is -2.17. The van der Waals surface area contributed by atoms with Crippen LogP contribution < -0.4 is 15.9 Å². The second kappa shape index (κ2) is 12.6. The Morgan fingerprint density at radius 3 is 2.35 bits per heavy atom. The number of nitrogens with zero attached hydrogens (tertiary/aromatic N) is 3. The van der Waals surface area contributed by atoms with Crippen LogP contribution in [0.25, 0.3) is 5.69 Å². The van der Waals surface area contributed by atoms with Crippen molar-refractivity contribution in [1.82, 2.24) is 9.78 Å². The van der Waals surface area contributed by atoms with E-state index in [0.29, 0.717) is 31.3 Å². The van der Waals surface area contributed by atoms with Crippen LogP contribution in [0.1, 0.15) is 46.1 Å². The fourth-order valence-corrected chi connectivity index (χ4v) is 3.46.